The highest BCUT2D eigenvalue weighted by molar-refractivity contribution is 6.23. The van der Waals surface area contributed by atoms with E-state index in [9.17, 15) is 0 Å². The highest BCUT2D eigenvalue weighted by Crippen LogP contribution is 2.45. The van der Waals surface area contributed by atoms with Gasteiger partial charge in [-0.1, -0.05) is 158 Å². The minimum Gasteiger partial charge on any atom is -0.454 e. The molecule has 13 rings (SSSR count). The molecule has 63 heavy (non-hydrogen) atoms. The number of benzene rings is 9. The van der Waals surface area contributed by atoms with Crippen LogP contribution in [0.15, 0.2) is 217 Å². The van der Waals surface area contributed by atoms with Crippen LogP contribution in [0, 0.1) is 0 Å². The molecule has 4 heterocycles. The number of nitrogens with zero attached hydrogens (tertiary/aromatic N) is 5. The second-order valence-electron chi connectivity index (χ2n) is 16.0. The average Bonchev–Trinajstić information content (AvgIpc) is 4.03. The molecule has 0 saturated carbocycles. The Morgan fingerprint density at radius 1 is 0.317 bits per heavy atom. The number of hydrogen-bond donors (Lipinski definition) is 0. The van der Waals surface area contributed by atoms with E-state index in [1.165, 1.54) is 21.8 Å². The van der Waals surface area contributed by atoms with Gasteiger partial charge in [0.25, 0.3) is 0 Å². The summed E-state index contributed by atoms with van der Waals surface area (Å²) in [6, 6.07) is 74.3. The summed E-state index contributed by atoms with van der Waals surface area (Å²) in [7, 11) is 0. The summed E-state index contributed by atoms with van der Waals surface area (Å²) in [5.74, 6) is 1.84. The number of hydrogen-bond acceptors (Lipinski definition) is 4. The number of aromatic nitrogens is 5. The Bertz CT molecular complexity index is 3830. The van der Waals surface area contributed by atoms with Crippen LogP contribution in [0.25, 0.3) is 122 Å². The van der Waals surface area contributed by atoms with E-state index < -0.39 is 0 Å². The molecule has 0 aliphatic rings. The van der Waals surface area contributed by atoms with Crippen molar-refractivity contribution in [1.82, 2.24) is 24.1 Å². The first-order valence-electron chi connectivity index (χ1n) is 21.2. The van der Waals surface area contributed by atoms with E-state index in [0.29, 0.717) is 17.5 Å². The van der Waals surface area contributed by atoms with Crippen molar-refractivity contribution in [3.63, 3.8) is 0 Å². The van der Waals surface area contributed by atoms with Crippen LogP contribution in [0.5, 0.6) is 0 Å². The van der Waals surface area contributed by atoms with E-state index in [1.807, 2.05) is 60.7 Å². The average molecular weight is 806 g/mol. The molecule has 294 valence electrons. The Hall–Kier alpha value is -8.61. The molecule has 0 bridgehead atoms. The van der Waals surface area contributed by atoms with Gasteiger partial charge in [-0.2, -0.15) is 0 Å². The maximum absolute atomic E-state index is 7.01. The largest absolute Gasteiger partial charge is 0.454 e. The van der Waals surface area contributed by atoms with E-state index >= 15 is 0 Å². The molecule has 6 nitrogen and oxygen atoms in total. The maximum Gasteiger partial charge on any atom is 0.166 e. The molecule has 0 saturated heterocycles. The van der Waals surface area contributed by atoms with Gasteiger partial charge in [0, 0.05) is 65.9 Å². The van der Waals surface area contributed by atoms with E-state index in [-0.39, 0.29) is 0 Å². The van der Waals surface area contributed by atoms with Gasteiger partial charge in [0.2, 0.25) is 0 Å². The number of furan rings is 1. The van der Waals surface area contributed by atoms with Crippen molar-refractivity contribution in [3.05, 3.63) is 212 Å². The molecular formula is C57H35N5O. The van der Waals surface area contributed by atoms with Crippen LogP contribution in [-0.4, -0.2) is 24.1 Å². The van der Waals surface area contributed by atoms with Crippen LogP contribution in [0.4, 0.5) is 0 Å². The fourth-order valence-corrected chi connectivity index (χ4v) is 9.59. The van der Waals surface area contributed by atoms with Crippen LogP contribution in [0.3, 0.4) is 0 Å². The molecule has 4 aromatic heterocycles. The van der Waals surface area contributed by atoms with Gasteiger partial charge in [0.1, 0.15) is 5.58 Å². The van der Waals surface area contributed by atoms with Crippen molar-refractivity contribution in [1.29, 1.82) is 0 Å². The van der Waals surface area contributed by atoms with Crippen LogP contribution >= 0.6 is 0 Å². The summed E-state index contributed by atoms with van der Waals surface area (Å²) >= 11 is 0. The topological polar surface area (TPSA) is 61.7 Å². The molecule has 0 N–H and O–H groups in total. The fraction of sp³-hybridized carbons (Fsp3) is 0. The summed E-state index contributed by atoms with van der Waals surface area (Å²) in [6.07, 6.45) is 0. The minimum atomic E-state index is 0.598. The minimum absolute atomic E-state index is 0.598. The molecule has 9 aromatic carbocycles. The smallest absolute Gasteiger partial charge is 0.166 e. The molecule has 0 aliphatic heterocycles. The van der Waals surface area contributed by atoms with Crippen LogP contribution < -0.4 is 0 Å². The zero-order valence-corrected chi connectivity index (χ0v) is 33.9. The normalized spacial score (nSPS) is 11.8. The zero-order valence-electron chi connectivity index (χ0n) is 33.9. The van der Waals surface area contributed by atoms with Crippen molar-refractivity contribution >= 4 is 65.6 Å². The van der Waals surface area contributed by atoms with Gasteiger partial charge >= 0.3 is 0 Å². The highest BCUT2D eigenvalue weighted by atomic mass is 16.3. The zero-order chi connectivity index (χ0) is 41.4. The van der Waals surface area contributed by atoms with Crippen molar-refractivity contribution in [2.75, 3.05) is 0 Å². The molecule has 0 radical (unpaired) electrons. The lowest BCUT2D eigenvalue weighted by molar-refractivity contribution is 0.671. The van der Waals surface area contributed by atoms with E-state index in [4.69, 9.17) is 19.4 Å². The summed E-state index contributed by atoms with van der Waals surface area (Å²) in [4.78, 5) is 15.4. The molecule has 0 atom stereocenters. The summed E-state index contributed by atoms with van der Waals surface area (Å²) in [5, 5.41) is 6.73. The SMILES string of the molecule is c1ccc(-c2nc(-c3ccccc3)nc(-c3cccc4c5ccc6c7cc(-c8cccc9c%10ccccc%10n(-c%10ccccc%10)c89)ccc7oc6c5n(-c5ccccc5)c34)n2)cc1. The highest BCUT2D eigenvalue weighted by Gasteiger charge is 2.24. The monoisotopic (exact) mass is 805 g/mol. The van der Waals surface area contributed by atoms with Crippen LogP contribution in [0.1, 0.15) is 0 Å². The number of rotatable bonds is 6. The molecule has 0 fully saturated rings. The third-order valence-corrected chi connectivity index (χ3v) is 12.4. The van der Waals surface area contributed by atoms with E-state index in [0.717, 1.165) is 82.9 Å². The van der Waals surface area contributed by atoms with Crippen LogP contribution in [0.2, 0.25) is 0 Å². The molecule has 6 heteroatoms. The Morgan fingerprint density at radius 3 is 1.51 bits per heavy atom. The van der Waals surface area contributed by atoms with Crippen molar-refractivity contribution < 1.29 is 4.42 Å². The molecular weight excluding hydrogens is 771 g/mol. The Morgan fingerprint density at radius 2 is 0.825 bits per heavy atom. The Labute approximate surface area is 361 Å². The number of fused-ring (bicyclic) bond motifs is 10. The van der Waals surface area contributed by atoms with Gasteiger partial charge in [-0.05, 0) is 60.2 Å². The molecule has 0 spiro atoms. The molecule has 0 aliphatic carbocycles. The Balaban J connectivity index is 1.07. The van der Waals surface area contributed by atoms with Gasteiger partial charge in [-0.25, -0.2) is 15.0 Å². The van der Waals surface area contributed by atoms with Gasteiger partial charge in [0.15, 0.2) is 23.1 Å². The van der Waals surface area contributed by atoms with Gasteiger partial charge in [-0.3, -0.25) is 0 Å². The maximum atomic E-state index is 7.01. The van der Waals surface area contributed by atoms with Gasteiger partial charge in [-0.15, -0.1) is 0 Å². The van der Waals surface area contributed by atoms with Crippen molar-refractivity contribution in [2.24, 2.45) is 0 Å². The van der Waals surface area contributed by atoms with E-state index in [2.05, 4.69) is 161 Å². The first-order chi connectivity index (χ1) is 31.3. The summed E-state index contributed by atoms with van der Waals surface area (Å²) in [6.45, 7) is 0. The lowest BCUT2D eigenvalue weighted by atomic mass is 9.99. The summed E-state index contributed by atoms with van der Waals surface area (Å²) < 4.78 is 11.7. The first kappa shape index (κ1) is 35.2. The lowest BCUT2D eigenvalue weighted by Crippen LogP contribution is -2.02. The lowest BCUT2D eigenvalue weighted by Gasteiger charge is -2.12. The second-order valence-corrected chi connectivity index (χ2v) is 16.0. The van der Waals surface area contributed by atoms with Crippen molar-refractivity contribution in [2.45, 2.75) is 0 Å². The van der Waals surface area contributed by atoms with Crippen molar-refractivity contribution in [3.8, 4) is 56.7 Å². The first-order valence-corrected chi connectivity index (χ1v) is 21.2. The van der Waals surface area contributed by atoms with Crippen LogP contribution in [-0.2, 0) is 0 Å². The Kier molecular flexibility index (Phi) is 7.80. The molecule has 0 amide bonds. The summed E-state index contributed by atoms with van der Waals surface area (Å²) in [5.41, 5.74) is 13.2. The molecule has 0 unspecified atom stereocenters. The second kappa shape index (κ2) is 14.0. The molecule has 13 aromatic rings. The third kappa shape index (κ3) is 5.48. The predicted octanol–water partition coefficient (Wildman–Crippen LogP) is 14.6. The van der Waals surface area contributed by atoms with E-state index in [1.54, 1.807) is 0 Å². The standard InChI is InChI=1S/C57H35N5O/c1-5-17-36(18-6-1)55-58-56(37-19-7-2-8-20-37)60-57(59-55)47-29-16-28-44-45-32-33-46-48-35-38(31-34-50(48)63-54(46)53(45)62(52(44)47)40-23-11-4-12-24-40)41-26-15-27-43-42-25-13-14-30-49(42)61(51(41)43)39-21-9-3-10-22-39/h1-35H. The fourth-order valence-electron chi connectivity index (χ4n) is 9.59. The van der Waals surface area contributed by atoms with Gasteiger partial charge < -0.3 is 13.6 Å². The quantitative estimate of drug-likeness (QED) is 0.168. The number of para-hydroxylation sites is 5. The third-order valence-electron chi connectivity index (χ3n) is 12.4. The predicted molar refractivity (Wildman–Crippen MR) is 258 cm³/mol. The van der Waals surface area contributed by atoms with Gasteiger partial charge in [0.05, 0.1) is 22.1 Å².